The molecule has 0 spiro atoms. The van der Waals surface area contributed by atoms with Crippen LogP contribution in [0.4, 0.5) is 17.1 Å². The molecule has 0 fully saturated rings. The summed E-state index contributed by atoms with van der Waals surface area (Å²) >= 11 is 0. The molecular formula is C66H43NO. The molecule has 0 radical (unpaired) electrons. The lowest BCUT2D eigenvalue weighted by molar-refractivity contribution is 0.669. The third kappa shape index (κ3) is 6.82. The molecule has 2 nitrogen and oxygen atoms in total. The minimum absolute atomic E-state index is 0.883. The highest BCUT2D eigenvalue weighted by Gasteiger charge is 2.21. The van der Waals surface area contributed by atoms with E-state index in [1.807, 2.05) is 6.07 Å². The van der Waals surface area contributed by atoms with Gasteiger partial charge in [0.2, 0.25) is 0 Å². The van der Waals surface area contributed by atoms with E-state index >= 15 is 0 Å². The largest absolute Gasteiger partial charge is 0.456 e. The van der Waals surface area contributed by atoms with Crippen molar-refractivity contribution in [1.29, 1.82) is 0 Å². The van der Waals surface area contributed by atoms with E-state index in [9.17, 15) is 0 Å². The zero-order valence-corrected chi connectivity index (χ0v) is 37.2. The summed E-state index contributed by atoms with van der Waals surface area (Å²) in [4.78, 5) is 2.44. The summed E-state index contributed by atoms with van der Waals surface area (Å²) in [5, 5.41) is 9.71. The highest BCUT2D eigenvalue weighted by atomic mass is 16.3. The van der Waals surface area contributed by atoms with Gasteiger partial charge in [-0.3, -0.25) is 0 Å². The van der Waals surface area contributed by atoms with Crippen LogP contribution in [0.1, 0.15) is 0 Å². The summed E-state index contributed by atoms with van der Waals surface area (Å²) in [6.07, 6.45) is 0. The molecule has 0 unspecified atom stereocenters. The van der Waals surface area contributed by atoms with Gasteiger partial charge in [0.15, 0.2) is 0 Å². The number of hydrogen-bond donors (Lipinski definition) is 0. The topological polar surface area (TPSA) is 16.4 Å². The lowest BCUT2D eigenvalue weighted by Crippen LogP contribution is -2.11. The average molecular weight is 866 g/mol. The van der Waals surface area contributed by atoms with Crippen molar-refractivity contribution in [2.24, 2.45) is 0 Å². The second-order valence-electron chi connectivity index (χ2n) is 17.6. The molecule has 1 aromatic heterocycles. The lowest BCUT2D eigenvalue weighted by atomic mass is 9.91. The standard InChI is InChI=1S/C66H43NO/c1-2-15-47(16-3-1)57-40-37-51(62-42-50-18-5-7-23-56(50)59-24-8-9-25-60(59)62)43-63(57)67(53-21-12-20-49(41-53)58-28-14-30-65-66(58)61-26-10-11-29-64(61)68-65)52-38-35-45(36-39-52)44-31-33-48(34-32-44)55-27-13-19-46-17-4-6-22-54(46)55/h1-43H. The number of fused-ring (bicyclic) bond motifs is 7. The van der Waals surface area contributed by atoms with Crippen LogP contribution in [0.15, 0.2) is 265 Å². The Morgan fingerprint density at radius 2 is 0.794 bits per heavy atom. The fraction of sp³-hybridized carbons (Fsp3) is 0. The van der Waals surface area contributed by atoms with Crippen LogP contribution in [0.25, 0.3) is 110 Å². The Balaban J connectivity index is 0.995. The smallest absolute Gasteiger partial charge is 0.136 e. The van der Waals surface area contributed by atoms with E-state index < -0.39 is 0 Å². The molecule has 12 aromatic carbocycles. The van der Waals surface area contributed by atoms with Crippen molar-refractivity contribution in [3.8, 4) is 55.6 Å². The Hall–Kier alpha value is -8.98. The van der Waals surface area contributed by atoms with Gasteiger partial charge in [-0.15, -0.1) is 0 Å². The van der Waals surface area contributed by atoms with Gasteiger partial charge in [-0.05, 0) is 131 Å². The van der Waals surface area contributed by atoms with Crippen molar-refractivity contribution in [3.63, 3.8) is 0 Å². The minimum atomic E-state index is 0.883. The summed E-state index contributed by atoms with van der Waals surface area (Å²) < 4.78 is 6.39. The Labute approximate surface area is 395 Å². The number of anilines is 3. The highest BCUT2D eigenvalue weighted by Crippen LogP contribution is 2.46. The van der Waals surface area contributed by atoms with E-state index in [1.54, 1.807) is 0 Å². The third-order valence-electron chi connectivity index (χ3n) is 13.7. The van der Waals surface area contributed by atoms with Crippen LogP contribution < -0.4 is 4.90 Å². The maximum absolute atomic E-state index is 6.39. The van der Waals surface area contributed by atoms with Gasteiger partial charge in [0.1, 0.15) is 11.2 Å². The second kappa shape index (κ2) is 16.5. The molecule has 0 aliphatic heterocycles. The van der Waals surface area contributed by atoms with E-state index in [-0.39, 0.29) is 0 Å². The molecule has 68 heavy (non-hydrogen) atoms. The van der Waals surface area contributed by atoms with Gasteiger partial charge in [-0.1, -0.05) is 212 Å². The quantitative estimate of drug-likeness (QED) is 0.142. The average Bonchev–Trinajstić information content (AvgIpc) is 3.80. The Morgan fingerprint density at radius 1 is 0.250 bits per heavy atom. The van der Waals surface area contributed by atoms with Crippen molar-refractivity contribution in [2.45, 2.75) is 0 Å². The Kier molecular flexibility index (Phi) is 9.54. The Bertz CT molecular complexity index is 4010. The van der Waals surface area contributed by atoms with Crippen molar-refractivity contribution >= 4 is 71.3 Å². The van der Waals surface area contributed by atoms with Crippen LogP contribution >= 0.6 is 0 Å². The number of rotatable bonds is 8. The monoisotopic (exact) mass is 865 g/mol. The molecule has 0 saturated heterocycles. The van der Waals surface area contributed by atoms with Crippen LogP contribution in [0.3, 0.4) is 0 Å². The third-order valence-corrected chi connectivity index (χ3v) is 13.7. The first kappa shape index (κ1) is 39.4. The summed E-state index contributed by atoms with van der Waals surface area (Å²) in [5.74, 6) is 0. The van der Waals surface area contributed by atoms with Crippen molar-refractivity contribution in [3.05, 3.63) is 261 Å². The van der Waals surface area contributed by atoms with Crippen LogP contribution in [-0.2, 0) is 0 Å². The summed E-state index contributed by atoms with van der Waals surface area (Å²) in [7, 11) is 0. The van der Waals surface area contributed by atoms with Gasteiger partial charge in [0.25, 0.3) is 0 Å². The summed E-state index contributed by atoms with van der Waals surface area (Å²) in [5.41, 5.74) is 16.6. The molecule has 318 valence electrons. The van der Waals surface area contributed by atoms with Crippen LogP contribution in [0, 0.1) is 0 Å². The number of nitrogens with zero attached hydrogens (tertiary/aromatic N) is 1. The first-order valence-electron chi connectivity index (χ1n) is 23.3. The zero-order valence-electron chi connectivity index (χ0n) is 37.2. The number of para-hydroxylation sites is 1. The summed E-state index contributed by atoms with van der Waals surface area (Å²) in [6.45, 7) is 0. The molecule has 0 aliphatic rings. The molecule has 0 atom stereocenters. The van der Waals surface area contributed by atoms with Gasteiger partial charge in [-0.25, -0.2) is 0 Å². The molecule has 0 aliphatic carbocycles. The molecule has 13 rings (SSSR count). The van der Waals surface area contributed by atoms with E-state index in [4.69, 9.17) is 4.42 Å². The van der Waals surface area contributed by atoms with Gasteiger partial charge in [0.05, 0.1) is 5.69 Å². The lowest BCUT2D eigenvalue weighted by Gasteiger charge is -2.29. The highest BCUT2D eigenvalue weighted by molar-refractivity contribution is 6.15. The van der Waals surface area contributed by atoms with Crippen molar-refractivity contribution in [1.82, 2.24) is 0 Å². The predicted octanol–water partition coefficient (Wildman–Crippen LogP) is 18.9. The van der Waals surface area contributed by atoms with Gasteiger partial charge in [0, 0.05) is 27.7 Å². The van der Waals surface area contributed by atoms with Crippen molar-refractivity contribution < 1.29 is 4.42 Å². The number of benzene rings is 12. The number of hydrogen-bond acceptors (Lipinski definition) is 2. The minimum Gasteiger partial charge on any atom is -0.456 e. The first-order chi connectivity index (χ1) is 33.7. The van der Waals surface area contributed by atoms with Crippen LogP contribution in [0.2, 0.25) is 0 Å². The SMILES string of the molecule is c1ccc(-c2ccc(-c3cc4ccccc4c4ccccc34)cc2N(c2ccc(-c3ccc(-c4cccc5ccccc45)cc3)cc2)c2cccc(-c3cccc4oc5ccccc5c34)c2)cc1. The van der Waals surface area contributed by atoms with Gasteiger partial charge >= 0.3 is 0 Å². The molecular weight excluding hydrogens is 823 g/mol. The van der Waals surface area contributed by atoms with Crippen molar-refractivity contribution in [2.75, 3.05) is 4.90 Å². The first-order valence-corrected chi connectivity index (χ1v) is 23.3. The molecule has 1 heterocycles. The molecule has 2 heteroatoms. The summed E-state index contributed by atoms with van der Waals surface area (Å²) in [6, 6.07) is 94.6. The van der Waals surface area contributed by atoms with Crippen LogP contribution in [0.5, 0.6) is 0 Å². The number of furan rings is 1. The normalized spacial score (nSPS) is 11.5. The molecule has 0 N–H and O–H groups in total. The molecule has 13 aromatic rings. The fourth-order valence-electron chi connectivity index (χ4n) is 10.4. The maximum atomic E-state index is 6.39. The second-order valence-corrected chi connectivity index (χ2v) is 17.6. The van der Waals surface area contributed by atoms with E-state index in [0.717, 1.165) is 72.4 Å². The van der Waals surface area contributed by atoms with E-state index in [0.29, 0.717) is 0 Å². The van der Waals surface area contributed by atoms with Gasteiger partial charge < -0.3 is 9.32 Å². The molecule has 0 saturated carbocycles. The zero-order chi connectivity index (χ0) is 45.0. The molecule has 0 bridgehead atoms. The maximum Gasteiger partial charge on any atom is 0.136 e. The molecule has 0 amide bonds. The Morgan fingerprint density at radius 3 is 1.62 bits per heavy atom. The van der Waals surface area contributed by atoms with E-state index in [1.165, 1.54) is 54.6 Å². The van der Waals surface area contributed by atoms with Crippen LogP contribution in [-0.4, -0.2) is 0 Å². The fourth-order valence-corrected chi connectivity index (χ4v) is 10.4. The van der Waals surface area contributed by atoms with Gasteiger partial charge in [-0.2, -0.15) is 0 Å². The van der Waals surface area contributed by atoms with E-state index in [2.05, 4.69) is 260 Å². The predicted molar refractivity (Wildman–Crippen MR) is 288 cm³/mol.